The Kier molecular flexibility index (Phi) is 4.59. The number of anilines is 3. The molecule has 0 amide bonds. The molecule has 1 aliphatic rings. The van der Waals surface area contributed by atoms with Gasteiger partial charge in [0.25, 0.3) is 0 Å². The van der Waals surface area contributed by atoms with Crippen molar-refractivity contribution in [1.29, 1.82) is 0 Å². The molecule has 0 aromatic carbocycles. The van der Waals surface area contributed by atoms with Crippen LogP contribution in [0.4, 0.5) is 17.8 Å². The number of nitrogens with one attached hydrogen (secondary N) is 1. The van der Waals surface area contributed by atoms with Gasteiger partial charge in [-0.3, -0.25) is 0 Å². The lowest BCUT2D eigenvalue weighted by atomic mass is 10.0. The number of nitrogens with zero attached hydrogens (tertiary/aromatic N) is 4. The molecule has 0 aliphatic carbocycles. The normalized spacial score (nSPS) is 18.6. The van der Waals surface area contributed by atoms with E-state index < -0.39 is 5.60 Å². The first-order chi connectivity index (χ1) is 9.50. The standard InChI is InChI=1S/C13H24N6O/c1-3-13(2,20)9-15-11-16-10(14)17-12(18-11)19-7-5-4-6-8-19/h20H,3-9H2,1-2H3,(H3,14,15,16,17,18). The molecule has 0 radical (unpaired) electrons. The highest BCUT2D eigenvalue weighted by Gasteiger charge is 2.19. The summed E-state index contributed by atoms with van der Waals surface area (Å²) in [6, 6.07) is 0. The van der Waals surface area contributed by atoms with Crippen LogP contribution in [0.3, 0.4) is 0 Å². The van der Waals surface area contributed by atoms with Gasteiger partial charge in [-0.15, -0.1) is 0 Å². The zero-order valence-electron chi connectivity index (χ0n) is 12.3. The van der Waals surface area contributed by atoms with E-state index in [-0.39, 0.29) is 5.95 Å². The van der Waals surface area contributed by atoms with Crippen molar-refractivity contribution in [3.8, 4) is 0 Å². The Bertz CT molecular complexity index is 444. The third-order valence-corrected chi connectivity index (χ3v) is 3.67. The van der Waals surface area contributed by atoms with Crippen molar-refractivity contribution in [3.63, 3.8) is 0 Å². The second-order valence-corrected chi connectivity index (χ2v) is 5.57. The van der Waals surface area contributed by atoms with Crippen molar-refractivity contribution >= 4 is 17.8 Å². The molecule has 2 rings (SSSR count). The summed E-state index contributed by atoms with van der Waals surface area (Å²) in [6.45, 7) is 6.00. The van der Waals surface area contributed by atoms with E-state index in [9.17, 15) is 5.11 Å². The maximum Gasteiger partial charge on any atom is 0.231 e. The van der Waals surface area contributed by atoms with E-state index >= 15 is 0 Å². The number of nitrogens with two attached hydrogens (primary N) is 1. The molecule has 2 heterocycles. The Morgan fingerprint density at radius 3 is 2.60 bits per heavy atom. The van der Waals surface area contributed by atoms with Gasteiger partial charge in [-0.2, -0.15) is 15.0 Å². The van der Waals surface area contributed by atoms with Crippen molar-refractivity contribution < 1.29 is 5.11 Å². The van der Waals surface area contributed by atoms with E-state index in [1.165, 1.54) is 6.42 Å². The first kappa shape index (κ1) is 14.8. The Hall–Kier alpha value is -1.63. The lowest BCUT2D eigenvalue weighted by molar-refractivity contribution is 0.0695. The van der Waals surface area contributed by atoms with Gasteiger partial charge in [-0.1, -0.05) is 6.92 Å². The van der Waals surface area contributed by atoms with Gasteiger partial charge >= 0.3 is 0 Å². The first-order valence-electron chi connectivity index (χ1n) is 7.23. The predicted molar refractivity (Wildman–Crippen MR) is 79.7 cm³/mol. The second kappa shape index (κ2) is 6.21. The first-order valence-corrected chi connectivity index (χ1v) is 7.23. The molecule has 1 atom stereocenters. The molecule has 0 spiro atoms. The van der Waals surface area contributed by atoms with E-state index in [1.54, 1.807) is 6.92 Å². The maximum absolute atomic E-state index is 10.00. The zero-order chi connectivity index (χ0) is 14.6. The topological polar surface area (TPSA) is 100 Å². The number of hydrogen-bond acceptors (Lipinski definition) is 7. The quantitative estimate of drug-likeness (QED) is 0.740. The van der Waals surface area contributed by atoms with E-state index in [4.69, 9.17) is 5.73 Å². The highest BCUT2D eigenvalue weighted by Crippen LogP contribution is 2.18. The predicted octanol–water partition coefficient (Wildman–Crippen LogP) is 1.02. The van der Waals surface area contributed by atoms with Crippen molar-refractivity contribution in [2.24, 2.45) is 0 Å². The van der Waals surface area contributed by atoms with Gasteiger partial charge in [0.1, 0.15) is 0 Å². The number of aliphatic hydroxyl groups is 1. The van der Waals surface area contributed by atoms with Crippen LogP contribution in [0.25, 0.3) is 0 Å². The highest BCUT2D eigenvalue weighted by atomic mass is 16.3. The van der Waals surface area contributed by atoms with Gasteiger partial charge in [-0.05, 0) is 32.6 Å². The van der Waals surface area contributed by atoms with E-state index in [0.717, 1.165) is 25.9 Å². The van der Waals surface area contributed by atoms with Crippen LogP contribution in [0.5, 0.6) is 0 Å². The average Bonchev–Trinajstić information content (AvgIpc) is 2.46. The molecule has 1 unspecified atom stereocenters. The Morgan fingerprint density at radius 1 is 1.25 bits per heavy atom. The van der Waals surface area contributed by atoms with Gasteiger partial charge < -0.3 is 21.1 Å². The average molecular weight is 280 g/mol. The maximum atomic E-state index is 10.00. The van der Waals surface area contributed by atoms with Crippen LogP contribution >= 0.6 is 0 Å². The van der Waals surface area contributed by atoms with Crippen LogP contribution < -0.4 is 16.0 Å². The molecule has 0 saturated carbocycles. The van der Waals surface area contributed by atoms with Crippen molar-refractivity contribution in [3.05, 3.63) is 0 Å². The summed E-state index contributed by atoms with van der Waals surface area (Å²) < 4.78 is 0. The van der Waals surface area contributed by atoms with Crippen LogP contribution in [0.15, 0.2) is 0 Å². The third-order valence-electron chi connectivity index (χ3n) is 3.67. The largest absolute Gasteiger partial charge is 0.388 e. The summed E-state index contributed by atoms with van der Waals surface area (Å²) >= 11 is 0. The van der Waals surface area contributed by atoms with Gasteiger partial charge in [0, 0.05) is 19.6 Å². The summed E-state index contributed by atoms with van der Waals surface area (Å²) in [5, 5.41) is 13.0. The molecule has 1 aromatic heterocycles. The van der Waals surface area contributed by atoms with Gasteiger partial charge in [0.15, 0.2) is 0 Å². The smallest absolute Gasteiger partial charge is 0.231 e. The van der Waals surface area contributed by atoms with Gasteiger partial charge in [-0.25, -0.2) is 0 Å². The van der Waals surface area contributed by atoms with Crippen molar-refractivity contribution in [2.45, 2.75) is 45.1 Å². The van der Waals surface area contributed by atoms with Crippen LogP contribution in [0.1, 0.15) is 39.5 Å². The Labute approximate surface area is 119 Å². The van der Waals surface area contributed by atoms with Crippen molar-refractivity contribution in [1.82, 2.24) is 15.0 Å². The summed E-state index contributed by atoms with van der Waals surface area (Å²) in [4.78, 5) is 14.8. The molecular formula is C13H24N6O. The SMILES string of the molecule is CCC(C)(O)CNc1nc(N)nc(N2CCCCC2)n1. The van der Waals surface area contributed by atoms with Crippen molar-refractivity contribution in [2.75, 3.05) is 35.6 Å². The Balaban J connectivity index is 2.08. The van der Waals surface area contributed by atoms with Gasteiger partial charge in [0.2, 0.25) is 17.8 Å². The monoisotopic (exact) mass is 280 g/mol. The lowest BCUT2D eigenvalue weighted by Crippen LogP contribution is -2.34. The number of aromatic nitrogens is 3. The molecule has 1 aromatic rings. The van der Waals surface area contributed by atoms with Gasteiger partial charge in [0.05, 0.1) is 5.60 Å². The summed E-state index contributed by atoms with van der Waals surface area (Å²) in [5.74, 6) is 1.25. The van der Waals surface area contributed by atoms with Crippen LogP contribution in [-0.2, 0) is 0 Å². The summed E-state index contributed by atoms with van der Waals surface area (Å²) in [7, 11) is 0. The number of nitrogen functional groups attached to an aromatic ring is 1. The molecule has 112 valence electrons. The highest BCUT2D eigenvalue weighted by molar-refractivity contribution is 5.42. The second-order valence-electron chi connectivity index (χ2n) is 5.57. The fraction of sp³-hybridized carbons (Fsp3) is 0.769. The Morgan fingerprint density at radius 2 is 1.95 bits per heavy atom. The number of hydrogen-bond donors (Lipinski definition) is 3. The van der Waals surface area contributed by atoms with E-state index in [0.29, 0.717) is 24.9 Å². The fourth-order valence-corrected chi connectivity index (χ4v) is 2.09. The minimum Gasteiger partial charge on any atom is -0.388 e. The molecule has 20 heavy (non-hydrogen) atoms. The van der Waals surface area contributed by atoms with Crippen LogP contribution in [-0.4, -0.2) is 45.3 Å². The molecule has 7 heteroatoms. The fourth-order valence-electron chi connectivity index (χ4n) is 2.09. The number of piperidine rings is 1. The van der Waals surface area contributed by atoms with E-state index in [2.05, 4.69) is 25.2 Å². The summed E-state index contributed by atoms with van der Waals surface area (Å²) in [5.41, 5.74) is 4.96. The van der Waals surface area contributed by atoms with E-state index in [1.807, 2.05) is 6.92 Å². The zero-order valence-corrected chi connectivity index (χ0v) is 12.3. The molecule has 1 saturated heterocycles. The third kappa shape index (κ3) is 3.93. The van der Waals surface area contributed by atoms with Crippen LogP contribution in [0, 0.1) is 0 Å². The number of rotatable bonds is 5. The minimum absolute atomic E-state index is 0.208. The molecule has 1 aliphatic heterocycles. The molecule has 1 fully saturated rings. The summed E-state index contributed by atoms with van der Waals surface area (Å²) in [6.07, 6.45) is 4.21. The van der Waals surface area contributed by atoms with Crippen LogP contribution in [0.2, 0.25) is 0 Å². The lowest BCUT2D eigenvalue weighted by Gasteiger charge is -2.27. The minimum atomic E-state index is -0.785. The molecular weight excluding hydrogens is 256 g/mol. The molecule has 7 nitrogen and oxygen atoms in total. The molecule has 0 bridgehead atoms. The molecule has 4 N–H and O–H groups in total.